The Morgan fingerprint density at radius 2 is 0.944 bits per heavy atom. The van der Waals surface area contributed by atoms with Gasteiger partial charge in [0.15, 0.2) is 23.3 Å². The van der Waals surface area contributed by atoms with Crippen LogP contribution in [-0.2, 0) is 20.6 Å². The number of rotatable bonds is 21. The molecule has 0 fully saturated rings. The number of halogens is 5. The van der Waals surface area contributed by atoms with Crippen LogP contribution in [0.4, 0.5) is 22.0 Å². The maximum absolute atomic E-state index is 14.2. The Bertz CT molecular complexity index is 694. The van der Waals surface area contributed by atoms with Gasteiger partial charge in [-0.05, 0) is 44.9 Å². The van der Waals surface area contributed by atoms with Gasteiger partial charge in [-0.1, -0.05) is 66.2 Å². The van der Waals surface area contributed by atoms with Crippen molar-refractivity contribution in [3.63, 3.8) is 0 Å². The van der Waals surface area contributed by atoms with E-state index >= 15 is 0 Å². The lowest BCUT2D eigenvalue weighted by Crippen LogP contribution is -2.47. The second-order valence-corrected chi connectivity index (χ2v) is 9.34. The summed E-state index contributed by atoms with van der Waals surface area (Å²) in [5, 5.41) is 0. The number of hydrogen-bond donors (Lipinski definition) is 0. The van der Waals surface area contributed by atoms with Crippen LogP contribution >= 0.6 is 0 Å². The van der Waals surface area contributed by atoms with E-state index in [0.717, 1.165) is 51.4 Å². The molecule has 0 spiro atoms. The highest BCUT2D eigenvalue weighted by atomic mass is 19.2. The van der Waals surface area contributed by atoms with Gasteiger partial charge in [0.05, 0.1) is 19.8 Å². The van der Waals surface area contributed by atoms with Crippen LogP contribution in [0.2, 0.25) is 0 Å². The van der Waals surface area contributed by atoms with Crippen LogP contribution in [-0.4, -0.2) is 25.8 Å². The molecular formula is C28H45F5O3. The Balaban J connectivity index is 3.11. The Morgan fingerprint density at radius 3 is 1.42 bits per heavy atom. The summed E-state index contributed by atoms with van der Waals surface area (Å²) >= 11 is 0. The maximum atomic E-state index is 14.2. The standard InChI is InChI=1S/C28H45F5O3/c1-5-9-10-11-12-13-15-21(28(34-18-6-2,35-19-7-3)36-20-8-4)16-14-17-22-23(29)25(31)27(33)26(32)24(22)30/h21H,5-20H2,1-4H3. The Labute approximate surface area is 214 Å². The molecule has 0 aliphatic carbocycles. The van der Waals surface area contributed by atoms with Crippen LogP contribution in [0, 0.1) is 35.0 Å². The quantitative estimate of drug-likeness (QED) is 0.0528. The highest BCUT2D eigenvalue weighted by Gasteiger charge is 2.42. The molecule has 8 heteroatoms. The molecule has 0 aliphatic rings. The fourth-order valence-corrected chi connectivity index (χ4v) is 4.28. The molecule has 0 heterocycles. The van der Waals surface area contributed by atoms with Gasteiger partial charge in [-0.15, -0.1) is 0 Å². The molecule has 36 heavy (non-hydrogen) atoms. The first-order valence-electron chi connectivity index (χ1n) is 13.7. The monoisotopic (exact) mass is 524 g/mol. The largest absolute Gasteiger partial charge is 0.327 e. The van der Waals surface area contributed by atoms with E-state index in [0.29, 0.717) is 32.7 Å². The van der Waals surface area contributed by atoms with E-state index in [1.165, 1.54) is 6.42 Å². The van der Waals surface area contributed by atoms with Crippen molar-refractivity contribution in [2.45, 2.75) is 117 Å². The summed E-state index contributed by atoms with van der Waals surface area (Å²) in [4.78, 5) is 0. The summed E-state index contributed by atoms with van der Waals surface area (Å²) in [5.41, 5.74) is -0.784. The third-order valence-corrected chi connectivity index (χ3v) is 6.21. The molecule has 3 nitrogen and oxygen atoms in total. The zero-order valence-corrected chi connectivity index (χ0v) is 22.5. The van der Waals surface area contributed by atoms with Crippen LogP contribution in [0.5, 0.6) is 0 Å². The predicted octanol–water partition coefficient (Wildman–Crippen LogP) is 9.01. The SMILES string of the molecule is CCCCCCCCC(CCCc1c(F)c(F)c(F)c(F)c1F)C(OCCC)(OCCC)OCCC. The lowest BCUT2D eigenvalue weighted by Gasteiger charge is -2.40. The minimum absolute atomic E-state index is 0.195. The molecule has 1 aromatic carbocycles. The van der Waals surface area contributed by atoms with E-state index in [4.69, 9.17) is 14.2 Å². The van der Waals surface area contributed by atoms with Gasteiger partial charge in [0, 0.05) is 11.5 Å². The van der Waals surface area contributed by atoms with E-state index in [2.05, 4.69) is 6.92 Å². The minimum Gasteiger partial charge on any atom is -0.327 e. The second kappa shape index (κ2) is 18.1. The van der Waals surface area contributed by atoms with Gasteiger partial charge in [-0.25, -0.2) is 22.0 Å². The lowest BCUT2D eigenvalue weighted by molar-refractivity contribution is -0.406. The summed E-state index contributed by atoms with van der Waals surface area (Å²) in [5.74, 6) is -11.1. The molecule has 1 rings (SSSR count). The normalized spacial score (nSPS) is 12.9. The van der Waals surface area contributed by atoms with E-state index < -0.39 is 40.6 Å². The van der Waals surface area contributed by atoms with Crippen molar-refractivity contribution >= 4 is 0 Å². The first-order valence-corrected chi connectivity index (χ1v) is 13.7. The van der Waals surface area contributed by atoms with Crippen molar-refractivity contribution < 1.29 is 36.2 Å². The number of hydrogen-bond acceptors (Lipinski definition) is 3. The van der Waals surface area contributed by atoms with Crippen LogP contribution in [0.1, 0.15) is 110 Å². The molecule has 1 unspecified atom stereocenters. The van der Waals surface area contributed by atoms with E-state index in [9.17, 15) is 22.0 Å². The average molecular weight is 525 g/mol. The minimum atomic E-state index is -2.14. The zero-order chi connectivity index (χ0) is 27.0. The summed E-state index contributed by atoms with van der Waals surface area (Å²) in [7, 11) is 0. The molecule has 0 aromatic heterocycles. The molecule has 0 amide bonds. The fraction of sp³-hybridized carbons (Fsp3) is 0.786. The zero-order valence-electron chi connectivity index (χ0n) is 22.5. The first kappa shape index (κ1) is 32.8. The van der Waals surface area contributed by atoms with E-state index in [-0.39, 0.29) is 18.8 Å². The van der Waals surface area contributed by atoms with Gasteiger partial charge >= 0.3 is 0 Å². The van der Waals surface area contributed by atoms with Gasteiger partial charge in [0.2, 0.25) is 5.82 Å². The van der Waals surface area contributed by atoms with Crippen molar-refractivity contribution in [1.29, 1.82) is 0 Å². The Kier molecular flexibility index (Phi) is 16.5. The van der Waals surface area contributed by atoms with Gasteiger partial charge in [-0.3, -0.25) is 0 Å². The maximum Gasteiger partial charge on any atom is 0.285 e. The number of unbranched alkanes of at least 4 members (excludes halogenated alkanes) is 5. The van der Waals surface area contributed by atoms with E-state index in [1.54, 1.807) is 0 Å². The molecule has 0 saturated heterocycles. The fourth-order valence-electron chi connectivity index (χ4n) is 4.28. The molecule has 0 N–H and O–H groups in total. The Morgan fingerprint density at radius 1 is 0.528 bits per heavy atom. The molecule has 0 bridgehead atoms. The Hall–Kier alpha value is -1.25. The van der Waals surface area contributed by atoms with Crippen LogP contribution in [0.3, 0.4) is 0 Å². The molecule has 1 atom stereocenters. The summed E-state index contributed by atoms with van der Waals surface area (Å²) in [6.45, 7) is 9.35. The van der Waals surface area contributed by atoms with Gasteiger partial charge in [-0.2, -0.15) is 0 Å². The molecule has 210 valence electrons. The molecule has 0 aliphatic heterocycles. The summed E-state index contributed by atoms with van der Waals surface area (Å²) in [6, 6.07) is 0. The third kappa shape index (κ3) is 9.90. The van der Waals surface area contributed by atoms with Crippen molar-refractivity contribution in [3.8, 4) is 0 Å². The number of benzene rings is 1. The second-order valence-electron chi connectivity index (χ2n) is 9.34. The van der Waals surface area contributed by atoms with Crippen molar-refractivity contribution in [1.82, 2.24) is 0 Å². The highest BCUT2D eigenvalue weighted by molar-refractivity contribution is 5.24. The van der Waals surface area contributed by atoms with Crippen LogP contribution < -0.4 is 0 Å². The molecule has 1 aromatic rings. The van der Waals surface area contributed by atoms with E-state index in [1.807, 2.05) is 20.8 Å². The lowest BCUT2D eigenvalue weighted by atomic mass is 9.91. The third-order valence-electron chi connectivity index (χ3n) is 6.21. The van der Waals surface area contributed by atoms with Gasteiger partial charge in [0.25, 0.3) is 5.97 Å². The smallest absolute Gasteiger partial charge is 0.285 e. The first-order chi connectivity index (χ1) is 17.3. The molecule has 0 saturated carbocycles. The topological polar surface area (TPSA) is 27.7 Å². The van der Waals surface area contributed by atoms with Crippen LogP contribution in [0.25, 0.3) is 0 Å². The number of ether oxygens (including phenoxy) is 3. The highest BCUT2D eigenvalue weighted by Crippen LogP contribution is 2.35. The van der Waals surface area contributed by atoms with Crippen molar-refractivity contribution in [3.05, 3.63) is 34.6 Å². The van der Waals surface area contributed by atoms with Crippen molar-refractivity contribution in [2.24, 2.45) is 5.92 Å². The molecule has 0 radical (unpaired) electrons. The summed E-state index contributed by atoms with van der Waals surface area (Å²) < 4.78 is 87.8. The molecular weight excluding hydrogens is 479 g/mol. The van der Waals surface area contributed by atoms with Gasteiger partial charge < -0.3 is 14.2 Å². The van der Waals surface area contributed by atoms with Crippen LogP contribution in [0.15, 0.2) is 0 Å². The predicted molar refractivity (Wildman–Crippen MR) is 132 cm³/mol. The van der Waals surface area contributed by atoms with Gasteiger partial charge in [0.1, 0.15) is 0 Å². The average Bonchev–Trinajstić information content (AvgIpc) is 2.89. The summed E-state index contributed by atoms with van der Waals surface area (Å²) in [6.07, 6.45) is 9.81. The van der Waals surface area contributed by atoms with Crippen molar-refractivity contribution in [2.75, 3.05) is 19.8 Å².